The van der Waals surface area contributed by atoms with E-state index < -0.39 is 0 Å². The Labute approximate surface area is 98.9 Å². The van der Waals surface area contributed by atoms with Crippen LogP contribution in [-0.2, 0) is 6.42 Å². The first-order valence-electron chi connectivity index (χ1n) is 5.51. The molecule has 0 N–H and O–H groups in total. The van der Waals surface area contributed by atoms with E-state index in [-0.39, 0.29) is 11.7 Å². The van der Waals surface area contributed by atoms with E-state index in [9.17, 15) is 9.18 Å². The fraction of sp³-hybridized carbons (Fsp3) is 0.231. The standard InChI is InChI=1S/C13H13FN2O/c14-12-6-4-11(5-7-12)2-1-3-13(17)16-9-8-15-10-16/h4-10H,1-3H2. The summed E-state index contributed by atoms with van der Waals surface area (Å²) in [6.45, 7) is 0. The first-order valence-corrected chi connectivity index (χ1v) is 5.51. The molecule has 1 aromatic heterocycles. The van der Waals surface area contributed by atoms with Crippen LogP contribution < -0.4 is 0 Å². The summed E-state index contributed by atoms with van der Waals surface area (Å²) < 4.78 is 14.1. The maximum atomic E-state index is 12.7. The van der Waals surface area contributed by atoms with E-state index in [2.05, 4.69) is 4.98 Å². The molecule has 0 bridgehead atoms. The van der Waals surface area contributed by atoms with Gasteiger partial charge in [-0.15, -0.1) is 0 Å². The molecule has 0 saturated heterocycles. The minimum Gasteiger partial charge on any atom is -0.276 e. The van der Waals surface area contributed by atoms with Gasteiger partial charge in [0, 0.05) is 18.8 Å². The number of hydrogen-bond donors (Lipinski definition) is 0. The average molecular weight is 232 g/mol. The van der Waals surface area contributed by atoms with Crippen LogP contribution in [0.4, 0.5) is 4.39 Å². The van der Waals surface area contributed by atoms with Crippen molar-refractivity contribution in [1.29, 1.82) is 0 Å². The second-order valence-electron chi connectivity index (χ2n) is 3.84. The number of benzene rings is 1. The number of aromatic nitrogens is 2. The zero-order valence-corrected chi connectivity index (χ0v) is 9.34. The average Bonchev–Trinajstić information content (AvgIpc) is 2.85. The lowest BCUT2D eigenvalue weighted by Crippen LogP contribution is -2.08. The first-order chi connectivity index (χ1) is 8.25. The highest BCUT2D eigenvalue weighted by molar-refractivity contribution is 5.78. The molecule has 0 aliphatic carbocycles. The van der Waals surface area contributed by atoms with E-state index in [1.165, 1.54) is 23.0 Å². The predicted octanol–water partition coefficient (Wildman–Crippen LogP) is 2.69. The molecule has 0 spiro atoms. The van der Waals surface area contributed by atoms with Crippen molar-refractivity contribution in [2.24, 2.45) is 0 Å². The third-order valence-electron chi connectivity index (χ3n) is 2.56. The van der Waals surface area contributed by atoms with Crippen molar-refractivity contribution >= 4 is 5.91 Å². The lowest BCUT2D eigenvalue weighted by Gasteiger charge is -2.02. The van der Waals surface area contributed by atoms with Gasteiger partial charge in [-0.1, -0.05) is 12.1 Å². The number of imidazole rings is 1. The van der Waals surface area contributed by atoms with Crippen LogP contribution in [0.5, 0.6) is 0 Å². The van der Waals surface area contributed by atoms with Gasteiger partial charge < -0.3 is 0 Å². The molecule has 2 rings (SSSR count). The Morgan fingerprint density at radius 2 is 2.06 bits per heavy atom. The molecule has 0 fully saturated rings. The molecule has 0 radical (unpaired) electrons. The number of aryl methyl sites for hydroxylation is 1. The van der Waals surface area contributed by atoms with Crippen molar-refractivity contribution in [2.75, 3.05) is 0 Å². The monoisotopic (exact) mass is 232 g/mol. The van der Waals surface area contributed by atoms with Crippen LogP contribution in [0.15, 0.2) is 43.0 Å². The highest BCUT2D eigenvalue weighted by atomic mass is 19.1. The van der Waals surface area contributed by atoms with E-state index in [0.717, 1.165) is 18.4 Å². The number of halogens is 1. The molecule has 1 heterocycles. The molecule has 0 aliphatic heterocycles. The van der Waals surface area contributed by atoms with Crippen molar-refractivity contribution in [3.8, 4) is 0 Å². The van der Waals surface area contributed by atoms with Gasteiger partial charge in [0.1, 0.15) is 12.1 Å². The van der Waals surface area contributed by atoms with Crippen LogP contribution in [-0.4, -0.2) is 15.5 Å². The highest BCUT2D eigenvalue weighted by Gasteiger charge is 2.03. The minimum absolute atomic E-state index is 0.0320. The minimum atomic E-state index is -0.233. The second-order valence-corrected chi connectivity index (χ2v) is 3.84. The number of nitrogens with zero attached hydrogens (tertiary/aromatic N) is 2. The van der Waals surface area contributed by atoms with Crippen molar-refractivity contribution in [3.63, 3.8) is 0 Å². The normalized spacial score (nSPS) is 10.4. The summed E-state index contributed by atoms with van der Waals surface area (Å²) in [5.74, 6) is -0.201. The Bertz CT molecular complexity index is 477. The highest BCUT2D eigenvalue weighted by Crippen LogP contribution is 2.07. The fourth-order valence-electron chi connectivity index (χ4n) is 1.63. The molecular weight excluding hydrogens is 219 g/mol. The summed E-state index contributed by atoms with van der Waals surface area (Å²) >= 11 is 0. The third-order valence-corrected chi connectivity index (χ3v) is 2.56. The molecule has 0 aliphatic rings. The van der Waals surface area contributed by atoms with E-state index >= 15 is 0 Å². The van der Waals surface area contributed by atoms with Crippen LogP contribution in [0, 0.1) is 5.82 Å². The number of hydrogen-bond acceptors (Lipinski definition) is 2. The van der Waals surface area contributed by atoms with Gasteiger partial charge in [-0.25, -0.2) is 9.37 Å². The van der Waals surface area contributed by atoms with Crippen molar-refractivity contribution in [1.82, 2.24) is 9.55 Å². The first kappa shape index (κ1) is 11.5. The van der Waals surface area contributed by atoms with E-state index in [1.54, 1.807) is 24.5 Å². The Balaban J connectivity index is 1.80. The van der Waals surface area contributed by atoms with Crippen molar-refractivity contribution in [3.05, 3.63) is 54.4 Å². The Morgan fingerprint density at radius 1 is 1.29 bits per heavy atom. The lowest BCUT2D eigenvalue weighted by atomic mass is 10.1. The van der Waals surface area contributed by atoms with Crippen LogP contribution in [0.1, 0.15) is 23.2 Å². The molecule has 4 heteroatoms. The van der Waals surface area contributed by atoms with Gasteiger partial charge in [-0.2, -0.15) is 0 Å². The smallest absolute Gasteiger partial charge is 0.231 e. The second kappa shape index (κ2) is 5.39. The molecular formula is C13H13FN2O. The number of carbonyl (C=O) groups excluding carboxylic acids is 1. The topological polar surface area (TPSA) is 34.9 Å². The molecule has 1 aromatic carbocycles. The molecule has 3 nitrogen and oxygen atoms in total. The van der Waals surface area contributed by atoms with E-state index in [4.69, 9.17) is 0 Å². The van der Waals surface area contributed by atoms with Crippen LogP contribution >= 0.6 is 0 Å². The predicted molar refractivity (Wildman–Crippen MR) is 62.2 cm³/mol. The van der Waals surface area contributed by atoms with Gasteiger partial charge in [-0.3, -0.25) is 9.36 Å². The van der Waals surface area contributed by atoms with Gasteiger partial charge in [0.15, 0.2) is 0 Å². The Kier molecular flexibility index (Phi) is 3.65. The molecule has 2 aromatic rings. The summed E-state index contributed by atoms with van der Waals surface area (Å²) in [5, 5.41) is 0. The Morgan fingerprint density at radius 3 is 2.71 bits per heavy atom. The maximum Gasteiger partial charge on any atom is 0.231 e. The number of carbonyl (C=O) groups is 1. The maximum absolute atomic E-state index is 12.7. The molecule has 88 valence electrons. The Hall–Kier alpha value is -1.97. The van der Waals surface area contributed by atoms with E-state index in [1.807, 2.05) is 0 Å². The third kappa shape index (κ3) is 3.24. The molecule has 17 heavy (non-hydrogen) atoms. The zero-order chi connectivity index (χ0) is 12.1. The van der Waals surface area contributed by atoms with Crippen LogP contribution in [0.25, 0.3) is 0 Å². The van der Waals surface area contributed by atoms with Crippen molar-refractivity contribution in [2.45, 2.75) is 19.3 Å². The van der Waals surface area contributed by atoms with E-state index in [0.29, 0.717) is 6.42 Å². The molecule has 0 unspecified atom stereocenters. The van der Waals surface area contributed by atoms with Gasteiger partial charge >= 0.3 is 0 Å². The van der Waals surface area contributed by atoms with Gasteiger partial charge in [0.2, 0.25) is 5.91 Å². The molecule has 0 saturated carbocycles. The zero-order valence-electron chi connectivity index (χ0n) is 9.34. The van der Waals surface area contributed by atoms with Crippen molar-refractivity contribution < 1.29 is 9.18 Å². The van der Waals surface area contributed by atoms with Gasteiger partial charge in [0.05, 0.1) is 0 Å². The summed E-state index contributed by atoms with van der Waals surface area (Å²) in [6.07, 6.45) is 6.72. The summed E-state index contributed by atoms with van der Waals surface area (Å²) in [5.41, 5.74) is 1.05. The fourth-order valence-corrected chi connectivity index (χ4v) is 1.63. The summed E-state index contributed by atoms with van der Waals surface area (Å²) in [4.78, 5) is 15.4. The molecule has 0 atom stereocenters. The van der Waals surface area contributed by atoms with Crippen LogP contribution in [0.2, 0.25) is 0 Å². The SMILES string of the molecule is O=C(CCCc1ccc(F)cc1)n1ccnc1. The quantitative estimate of drug-likeness (QED) is 0.812. The largest absolute Gasteiger partial charge is 0.276 e. The summed E-state index contributed by atoms with van der Waals surface area (Å²) in [6, 6.07) is 6.37. The summed E-state index contributed by atoms with van der Waals surface area (Å²) in [7, 11) is 0. The molecule has 0 amide bonds. The van der Waals surface area contributed by atoms with Gasteiger partial charge in [0.25, 0.3) is 0 Å². The van der Waals surface area contributed by atoms with Crippen LogP contribution in [0.3, 0.4) is 0 Å². The lowest BCUT2D eigenvalue weighted by molar-refractivity contribution is 0.0900. The number of rotatable bonds is 4. The van der Waals surface area contributed by atoms with Gasteiger partial charge in [-0.05, 0) is 30.5 Å².